The van der Waals surface area contributed by atoms with Crippen molar-refractivity contribution in [2.24, 2.45) is 5.10 Å². The van der Waals surface area contributed by atoms with E-state index in [1.54, 1.807) is 36.4 Å². The van der Waals surface area contributed by atoms with Gasteiger partial charge in [-0.15, -0.1) is 0 Å². The first-order valence-corrected chi connectivity index (χ1v) is 11.7. The average molecular weight is 491 g/mol. The van der Waals surface area contributed by atoms with Gasteiger partial charge >= 0.3 is 6.03 Å². The van der Waals surface area contributed by atoms with Crippen molar-refractivity contribution in [2.45, 2.75) is 31.3 Å². The van der Waals surface area contributed by atoms with Gasteiger partial charge in [-0.1, -0.05) is 61.0 Å². The van der Waals surface area contributed by atoms with Crippen molar-refractivity contribution in [3.8, 4) is 0 Å². The molecular formula is C26H23ClN4O4. The minimum Gasteiger partial charge on any atom is -0.467 e. The van der Waals surface area contributed by atoms with Crippen LogP contribution in [0.5, 0.6) is 0 Å². The van der Waals surface area contributed by atoms with Gasteiger partial charge in [-0.2, -0.15) is 5.10 Å². The molecule has 0 aliphatic carbocycles. The maximum Gasteiger partial charge on any atom is 0.325 e. The number of nitrogens with zero attached hydrogens (tertiary/aromatic N) is 3. The second-order valence-corrected chi connectivity index (χ2v) is 8.91. The van der Waals surface area contributed by atoms with Gasteiger partial charge in [0, 0.05) is 11.4 Å². The lowest BCUT2D eigenvalue weighted by Gasteiger charge is -2.26. The number of carbonyl (C=O) groups is 3. The molecule has 0 spiro atoms. The first kappa shape index (κ1) is 22.9. The van der Waals surface area contributed by atoms with Gasteiger partial charge < -0.3 is 9.73 Å². The van der Waals surface area contributed by atoms with Crippen molar-refractivity contribution in [1.29, 1.82) is 0 Å². The van der Waals surface area contributed by atoms with Crippen molar-refractivity contribution < 1.29 is 18.8 Å². The molecule has 3 heterocycles. The molecule has 2 aliphatic rings. The molecule has 178 valence electrons. The normalized spacial score (nSPS) is 21.9. The summed E-state index contributed by atoms with van der Waals surface area (Å²) >= 11 is 6.01. The van der Waals surface area contributed by atoms with Gasteiger partial charge in [0.05, 0.1) is 12.0 Å². The van der Waals surface area contributed by atoms with Crippen molar-refractivity contribution in [3.05, 3.63) is 94.9 Å². The van der Waals surface area contributed by atoms with Crippen LogP contribution in [0.3, 0.4) is 0 Å². The Bertz CT molecular complexity index is 1290. The molecule has 1 aromatic heterocycles. The number of amides is 4. The highest BCUT2D eigenvalue weighted by molar-refractivity contribution is 6.30. The van der Waals surface area contributed by atoms with Gasteiger partial charge in [0.2, 0.25) is 0 Å². The van der Waals surface area contributed by atoms with Crippen LogP contribution < -0.4 is 5.32 Å². The number of hydrogen-bond acceptors (Lipinski definition) is 5. The molecule has 0 bridgehead atoms. The first-order valence-electron chi connectivity index (χ1n) is 11.3. The summed E-state index contributed by atoms with van der Waals surface area (Å²) in [6, 6.07) is 18.7. The quantitative estimate of drug-likeness (QED) is 0.516. The summed E-state index contributed by atoms with van der Waals surface area (Å²) in [4.78, 5) is 40.7. The lowest BCUT2D eigenvalue weighted by atomic mass is 9.87. The van der Waals surface area contributed by atoms with Crippen molar-refractivity contribution in [2.75, 3.05) is 6.54 Å². The molecule has 3 aromatic rings. The number of benzene rings is 2. The molecule has 35 heavy (non-hydrogen) atoms. The van der Waals surface area contributed by atoms with Gasteiger partial charge in [-0.05, 0) is 41.8 Å². The Labute approximate surface area is 207 Å². The lowest BCUT2D eigenvalue weighted by molar-refractivity contribution is -0.140. The summed E-state index contributed by atoms with van der Waals surface area (Å²) in [6.07, 6.45) is 2.30. The Balaban J connectivity index is 1.42. The van der Waals surface area contributed by atoms with E-state index in [1.165, 1.54) is 11.3 Å². The fraction of sp³-hybridized carbons (Fsp3) is 0.231. The van der Waals surface area contributed by atoms with Gasteiger partial charge in [0.1, 0.15) is 23.9 Å². The summed E-state index contributed by atoms with van der Waals surface area (Å²) in [6.45, 7) is 1.39. The smallest absolute Gasteiger partial charge is 0.325 e. The third-order valence-corrected chi connectivity index (χ3v) is 6.73. The molecule has 2 atom stereocenters. The van der Waals surface area contributed by atoms with Crippen LogP contribution in [0.15, 0.2) is 82.5 Å². The third kappa shape index (κ3) is 4.00. The van der Waals surface area contributed by atoms with Gasteiger partial charge in [-0.25, -0.2) is 9.80 Å². The van der Waals surface area contributed by atoms with Crippen molar-refractivity contribution >= 4 is 35.2 Å². The predicted molar refractivity (Wildman–Crippen MR) is 130 cm³/mol. The summed E-state index contributed by atoms with van der Waals surface area (Å²) in [5.41, 5.74) is 0.974. The minimum atomic E-state index is -1.21. The molecule has 0 saturated carbocycles. The fourth-order valence-electron chi connectivity index (χ4n) is 4.60. The van der Waals surface area contributed by atoms with Crippen LogP contribution in [0.25, 0.3) is 0 Å². The van der Waals surface area contributed by atoms with E-state index in [2.05, 4.69) is 10.4 Å². The van der Waals surface area contributed by atoms with E-state index in [0.29, 0.717) is 34.9 Å². The zero-order chi connectivity index (χ0) is 24.6. The molecule has 8 nitrogen and oxygen atoms in total. The summed E-state index contributed by atoms with van der Waals surface area (Å²) in [7, 11) is 0. The maximum absolute atomic E-state index is 13.5. The van der Waals surface area contributed by atoms with E-state index >= 15 is 0 Å². The Hall–Kier alpha value is -3.91. The standard InChI is InChI=1S/C26H23ClN4O4/c1-2-26(18-7-4-3-5-8-18)24(33)30(25(34)28-26)16-23(32)31-21(22-9-6-14-35-22)15-20(29-31)17-10-12-19(27)13-11-17/h3-14,21H,2,15-16H2,1H3,(H,28,34)/t21-,26+/m0/s1. The zero-order valence-electron chi connectivity index (χ0n) is 19.0. The Morgan fingerprint density at radius 2 is 1.86 bits per heavy atom. The van der Waals surface area contributed by atoms with Crippen LogP contribution in [0.1, 0.15) is 42.7 Å². The SMILES string of the molecule is CC[C@]1(c2ccccc2)NC(=O)N(CC(=O)N2N=C(c3ccc(Cl)cc3)C[C@H]2c2ccco2)C1=O. The number of halogens is 1. The molecule has 0 radical (unpaired) electrons. The van der Waals surface area contributed by atoms with E-state index < -0.39 is 36.0 Å². The lowest BCUT2D eigenvalue weighted by Crippen LogP contribution is -2.45. The molecule has 0 unspecified atom stereocenters. The molecule has 5 rings (SSSR count). The fourth-order valence-corrected chi connectivity index (χ4v) is 4.73. The number of rotatable bonds is 6. The van der Waals surface area contributed by atoms with Crippen LogP contribution >= 0.6 is 11.6 Å². The highest BCUT2D eigenvalue weighted by Crippen LogP contribution is 2.35. The number of urea groups is 1. The summed E-state index contributed by atoms with van der Waals surface area (Å²) in [5.74, 6) is -0.380. The van der Waals surface area contributed by atoms with E-state index in [9.17, 15) is 14.4 Å². The Kier molecular flexibility index (Phi) is 5.90. The highest BCUT2D eigenvalue weighted by Gasteiger charge is 2.52. The third-order valence-electron chi connectivity index (χ3n) is 6.48. The van der Waals surface area contributed by atoms with Crippen molar-refractivity contribution in [1.82, 2.24) is 15.2 Å². The predicted octanol–water partition coefficient (Wildman–Crippen LogP) is 4.47. The van der Waals surface area contributed by atoms with Crippen LogP contribution in [-0.4, -0.2) is 40.0 Å². The van der Waals surface area contributed by atoms with Gasteiger partial charge in [-0.3, -0.25) is 14.5 Å². The van der Waals surface area contributed by atoms with E-state index in [1.807, 2.05) is 37.3 Å². The van der Waals surface area contributed by atoms with Crippen LogP contribution in [0.4, 0.5) is 4.79 Å². The molecule has 1 N–H and O–H groups in total. The monoisotopic (exact) mass is 490 g/mol. The van der Waals surface area contributed by atoms with E-state index in [4.69, 9.17) is 16.0 Å². The second kappa shape index (κ2) is 9.03. The van der Waals surface area contributed by atoms with Gasteiger partial charge in [0.15, 0.2) is 0 Å². The molecule has 1 fully saturated rings. The highest BCUT2D eigenvalue weighted by atomic mass is 35.5. The molecule has 1 saturated heterocycles. The number of hydrogen-bond donors (Lipinski definition) is 1. The Morgan fingerprint density at radius 3 is 2.51 bits per heavy atom. The number of hydrazone groups is 1. The first-order chi connectivity index (χ1) is 16.9. The molecule has 9 heteroatoms. The number of nitrogens with one attached hydrogen (secondary N) is 1. The molecular weight excluding hydrogens is 468 g/mol. The van der Waals surface area contributed by atoms with Crippen LogP contribution in [0.2, 0.25) is 5.02 Å². The summed E-state index contributed by atoms with van der Waals surface area (Å²) in [5, 5.41) is 9.27. The van der Waals surface area contributed by atoms with Crippen molar-refractivity contribution in [3.63, 3.8) is 0 Å². The maximum atomic E-state index is 13.5. The molecule has 2 aromatic carbocycles. The molecule has 4 amide bonds. The van der Waals surface area contributed by atoms with Crippen LogP contribution in [-0.2, 0) is 15.1 Å². The largest absolute Gasteiger partial charge is 0.467 e. The second-order valence-electron chi connectivity index (χ2n) is 8.47. The number of furan rings is 1. The average Bonchev–Trinajstić information content (AvgIpc) is 3.61. The minimum absolute atomic E-state index is 0.351. The van der Waals surface area contributed by atoms with Gasteiger partial charge in [0.25, 0.3) is 11.8 Å². The summed E-state index contributed by atoms with van der Waals surface area (Å²) < 4.78 is 5.57. The number of imide groups is 1. The zero-order valence-corrected chi connectivity index (χ0v) is 19.7. The Morgan fingerprint density at radius 1 is 1.11 bits per heavy atom. The van der Waals surface area contributed by atoms with E-state index in [-0.39, 0.29) is 0 Å². The van der Waals surface area contributed by atoms with E-state index in [0.717, 1.165) is 10.5 Å². The number of carbonyl (C=O) groups excluding carboxylic acids is 3. The molecule has 2 aliphatic heterocycles. The topological polar surface area (TPSA) is 95.2 Å². The van der Waals surface area contributed by atoms with Crippen LogP contribution in [0, 0.1) is 0 Å².